The summed E-state index contributed by atoms with van der Waals surface area (Å²) in [5, 5.41) is 2.40. The van der Waals surface area contributed by atoms with Gasteiger partial charge in [0, 0.05) is 10.8 Å². The third-order valence-electron chi connectivity index (χ3n) is 2.73. The van der Waals surface area contributed by atoms with Crippen molar-refractivity contribution in [2.45, 2.75) is 49.8 Å². The molecule has 0 saturated heterocycles. The molecule has 0 spiro atoms. The first kappa shape index (κ1) is 11.2. The standard InChI is InChI=1S/C11H15ClN2S/c1-7-10(12)13-8(2)14-11(7)15-9-5-3-4-6-9/h9H,3-6H2,1-2H3. The fourth-order valence-corrected chi connectivity index (χ4v) is 3.46. The van der Waals surface area contributed by atoms with Gasteiger partial charge >= 0.3 is 0 Å². The van der Waals surface area contributed by atoms with E-state index in [0.717, 1.165) is 21.7 Å². The number of nitrogens with zero attached hydrogens (tertiary/aromatic N) is 2. The van der Waals surface area contributed by atoms with Crippen LogP contribution in [0.5, 0.6) is 0 Å². The molecule has 1 heterocycles. The second kappa shape index (κ2) is 4.71. The number of hydrogen-bond donors (Lipinski definition) is 0. The number of aryl methyl sites for hydroxylation is 1. The molecule has 0 aliphatic heterocycles. The van der Waals surface area contributed by atoms with E-state index in [0.29, 0.717) is 5.15 Å². The van der Waals surface area contributed by atoms with Crippen LogP contribution >= 0.6 is 23.4 Å². The highest BCUT2D eigenvalue weighted by Crippen LogP contribution is 2.36. The average molecular weight is 243 g/mol. The largest absolute Gasteiger partial charge is 0.227 e. The lowest BCUT2D eigenvalue weighted by molar-refractivity contribution is 0.886. The van der Waals surface area contributed by atoms with E-state index in [1.165, 1.54) is 25.7 Å². The molecule has 1 saturated carbocycles. The molecule has 15 heavy (non-hydrogen) atoms. The first-order chi connectivity index (χ1) is 7.16. The molecule has 0 amide bonds. The van der Waals surface area contributed by atoms with Gasteiger partial charge in [0.2, 0.25) is 0 Å². The fourth-order valence-electron chi connectivity index (χ4n) is 1.85. The van der Waals surface area contributed by atoms with Crippen molar-refractivity contribution in [1.82, 2.24) is 9.97 Å². The summed E-state index contributed by atoms with van der Waals surface area (Å²) >= 11 is 7.91. The molecule has 2 nitrogen and oxygen atoms in total. The zero-order valence-corrected chi connectivity index (χ0v) is 10.7. The van der Waals surface area contributed by atoms with Crippen molar-refractivity contribution in [3.05, 3.63) is 16.5 Å². The van der Waals surface area contributed by atoms with Crippen LogP contribution in [-0.2, 0) is 0 Å². The van der Waals surface area contributed by atoms with Crippen LogP contribution < -0.4 is 0 Å². The van der Waals surface area contributed by atoms with Crippen LogP contribution in [0.4, 0.5) is 0 Å². The molecule has 1 aromatic rings. The number of halogens is 1. The quantitative estimate of drug-likeness (QED) is 0.739. The Hall–Kier alpha value is -0.280. The SMILES string of the molecule is Cc1nc(Cl)c(C)c(SC2CCCC2)n1. The van der Waals surface area contributed by atoms with Crippen molar-refractivity contribution in [1.29, 1.82) is 0 Å². The summed E-state index contributed by atoms with van der Waals surface area (Å²) in [5.74, 6) is 0.770. The number of rotatable bonds is 2. The minimum Gasteiger partial charge on any atom is -0.227 e. The van der Waals surface area contributed by atoms with Crippen LogP contribution in [0.3, 0.4) is 0 Å². The molecule has 4 heteroatoms. The summed E-state index contributed by atoms with van der Waals surface area (Å²) in [6.45, 7) is 3.89. The zero-order valence-electron chi connectivity index (χ0n) is 9.09. The molecule has 1 aliphatic rings. The molecule has 1 aliphatic carbocycles. The van der Waals surface area contributed by atoms with E-state index >= 15 is 0 Å². The molecule has 0 N–H and O–H groups in total. The van der Waals surface area contributed by atoms with E-state index in [1.54, 1.807) is 0 Å². The highest BCUT2D eigenvalue weighted by atomic mass is 35.5. The van der Waals surface area contributed by atoms with Gasteiger partial charge < -0.3 is 0 Å². The maximum atomic E-state index is 6.04. The van der Waals surface area contributed by atoms with Gasteiger partial charge in [-0.25, -0.2) is 9.97 Å². The Morgan fingerprint density at radius 3 is 2.53 bits per heavy atom. The Bertz CT molecular complexity index is 362. The summed E-state index contributed by atoms with van der Waals surface area (Å²) < 4.78 is 0. The van der Waals surface area contributed by atoms with Gasteiger partial charge in [-0.1, -0.05) is 24.4 Å². The van der Waals surface area contributed by atoms with Crippen molar-refractivity contribution in [3.8, 4) is 0 Å². The van der Waals surface area contributed by atoms with Crippen LogP contribution in [0.2, 0.25) is 5.15 Å². The third kappa shape index (κ3) is 2.64. The topological polar surface area (TPSA) is 25.8 Å². The Morgan fingerprint density at radius 1 is 1.20 bits per heavy atom. The lowest BCUT2D eigenvalue weighted by Gasteiger charge is -2.11. The lowest BCUT2D eigenvalue weighted by Crippen LogP contribution is -2.00. The second-order valence-electron chi connectivity index (χ2n) is 4.02. The van der Waals surface area contributed by atoms with E-state index in [9.17, 15) is 0 Å². The summed E-state index contributed by atoms with van der Waals surface area (Å²) in [6, 6.07) is 0. The summed E-state index contributed by atoms with van der Waals surface area (Å²) in [5.41, 5.74) is 1.03. The van der Waals surface area contributed by atoms with Gasteiger partial charge in [-0.05, 0) is 26.7 Å². The zero-order chi connectivity index (χ0) is 10.8. The van der Waals surface area contributed by atoms with Gasteiger partial charge in [0.05, 0.1) is 0 Å². The molecule has 0 bridgehead atoms. The maximum Gasteiger partial charge on any atom is 0.136 e. The Balaban J connectivity index is 2.19. The molecule has 0 atom stereocenters. The molecule has 0 radical (unpaired) electrons. The molecule has 2 rings (SSSR count). The van der Waals surface area contributed by atoms with E-state index < -0.39 is 0 Å². The predicted molar refractivity (Wildman–Crippen MR) is 64.6 cm³/mol. The normalized spacial score (nSPS) is 17.3. The number of thioether (sulfide) groups is 1. The van der Waals surface area contributed by atoms with Gasteiger partial charge in [-0.3, -0.25) is 0 Å². The van der Waals surface area contributed by atoms with E-state index in [4.69, 9.17) is 11.6 Å². The molecule has 1 fully saturated rings. The van der Waals surface area contributed by atoms with Gasteiger partial charge in [-0.2, -0.15) is 0 Å². The molecule has 82 valence electrons. The number of hydrogen-bond acceptors (Lipinski definition) is 3. The second-order valence-corrected chi connectivity index (χ2v) is 5.66. The van der Waals surface area contributed by atoms with Gasteiger partial charge in [-0.15, -0.1) is 11.8 Å². The summed E-state index contributed by atoms with van der Waals surface area (Å²) in [4.78, 5) is 8.61. The van der Waals surface area contributed by atoms with Crippen LogP contribution in [0.15, 0.2) is 5.03 Å². The minimum absolute atomic E-state index is 0.600. The maximum absolute atomic E-state index is 6.04. The van der Waals surface area contributed by atoms with E-state index in [-0.39, 0.29) is 0 Å². The number of aromatic nitrogens is 2. The minimum atomic E-state index is 0.600. The molecule has 0 unspecified atom stereocenters. The highest BCUT2D eigenvalue weighted by Gasteiger charge is 2.19. The van der Waals surface area contributed by atoms with Crippen LogP contribution in [0.25, 0.3) is 0 Å². The van der Waals surface area contributed by atoms with Gasteiger partial charge in [0.15, 0.2) is 0 Å². The molecular formula is C11H15ClN2S. The molecule has 1 aromatic heterocycles. The van der Waals surface area contributed by atoms with E-state index in [2.05, 4.69) is 9.97 Å². The fraction of sp³-hybridized carbons (Fsp3) is 0.636. The van der Waals surface area contributed by atoms with Crippen molar-refractivity contribution in [3.63, 3.8) is 0 Å². The first-order valence-corrected chi connectivity index (χ1v) is 6.60. The lowest BCUT2D eigenvalue weighted by atomic mass is 10.4. The van der Waals surface area contributed by atoms with Crippen molar-refractivity contribution < 1.29 is 0 Å². The predicted octanol–water partition coefficient (Wildman–Crippen LogP) is 3.78. The van der Waals surface area contributed by atoms with Crippen molar-refractivity contribution >= 4 is 23.4 Å². The van der Waals surface area contributed by atoms with Gasteiger partial charge in [0.1, 0.15) is 16.0 Å². The van der Waals surface area contributed by atoms with Crippen molar-refractivity contribution in [2.75, 3.05) is 0 Å². The smallest absolute Gasteiger partial charge is 0.136 e. The monoisotopic (exact) mass is 242 g/mol. The Morgan fingerprint density at radius 2 is 1.87 bits per heavy atom. The van der Waals surface area contributed by atoms with Crippen molar-refractivity contribution in [2.24, 2.45) is 0 Å². The average Bonchev–Trinajstić information content (AvgIpc) is 2.66. The summed E-state index contributed by atoms with van der Waals surface area (Å²) in [6.07, 6.45) is 5.33. The molecule has 0 aromatic carbocycles. The Kier molecular flexibility index (Phi) is 3.52. The highest BCUT2D eigenvalue weighted by molar-refractivity contribution is 7.99. The first-order valence-electron chi connectivity index (χ1n) is 5.34. The Labute approximate surface area is 99.8 Å². The summed E-state index contributed by atoms with van der Waals surface area (Å²) in [7, 11) is 0. The third-order valence-corrected chi connectivity index (χ3v) is 4.53. The van der Waals surface area contributed by atoms with Crippen LogP contribution in [0, 0.1) is 13.8 Å². The van der Waals surface area contributed by atoms with Crippen LogP contribution in [0.1, 0.15) is 37.1 Å². The van der Waals surface area contributed by atoms with Gasteiger partial charge in [0.25, 0.3) is 0 Å². The van der Waals surface area contributed by atoms with E-state index in [1.807, 2.05) is 25.6 Å². The molecular weight excluding hydrogens is 228 g/mol. The van der Waals surface area contributed by atoms with Crippen LogP contribution in [-0.4, -0.2) is 15.2 Å².